The first-order valence-electron chi connectivity index (χ1n) is 7.07. The number of rotatable bonds is 8. The molecule has 0 radical (unpaired) electrons. The maximum absolute atomic E-state index is 9.37. The van der Waals surface area contributed by atoms with Crippen LogP contribution in [-0.4, -0.2) is 41.3 Å². The summed E-state index contributed by atoms with van der Waals surface area (Å²) >= 11 is 0. The van der Waals surface area contributed by atoms with Gasteiger partial charge >= 0.3 is 0 Å². The first kappa shape index (κ1) is 15.7. The Balaban J connectivity index is 2.86. The first-order valence-corrected chi connectivity index (χ1v) is 7.07. The average molecular weight is 266 g/mol. The van der Waals surface area contributed by atoms with Crippen molar-refractivity contribution in [1.82, 2.24) is 9.97 Å². The normalized spacial score (nSPS) is 12.3. The van der Waals surface area contributed by atoms with E-state index < -0.39 is 0 Å². The number of aliphatic hydroxyl groups excluding tert-OH is 1. The van der Waals surface area contributed by atoms with Crippen LogP contribution < -0.4 is 10.2 Å². The summed E-state index contributed by atoms with van der Waals surface area (Å²) in [5, 5.41) is 12.7. The molecule has 5 heteroatoms. The van der Waals surface area contributed by atoms with Gasteiger partial charge in [-0.2, -0.15) is 0 Å². The molecule has 0 saturated heterocycles. The van der Waals surface area contributed by atoms with E-state index in [0.29, 0.717) is 0 Å². The summed E-state index contributed by atoms with van der Waals surface area (Å²) in [7, 11) is 2.01. The zero-order valence-corrected chi connectivity index (χ0v) is 12.5. The van der Waals surface area contributed by atoms with E-state index in [1.165, 1.54) is 0 Å². The smallest absolute Gasteiger partial charge is 0.137 e. The third-order valence-corrected chi connectivity index (χ3v) is 3.06. The van der Waals surface area contributed by atoms with Crippen molar-refractivity contribution < 1.29 is 5.11 Å². The third-order valence-electron chi connectivity index (χ3n) is 3.06. The van der Waals surface area contributed by atoms with Crippen molar-refractivity contribution in [3.63, 3.8) is 0 Å². The molecular formula is C14H26N4O. The van der Waals surface area contributed by atoms with Crippen molar-refractivity contribution >= 4 is 11.6 Å². The van der Waals surface area contributed by atoms with Gasteiger partial charge in [-0.05, 0) is 26.2 Å². The Kier molecular flexibility index (Phi) is 6.56. The van der Waals surface area contributed by atoms with E-state index in [1.807, 2.05) is 14.0 Å². The summed E-state index contributed by atoms with van der Waals surface area (Å²) < 4.78 is 0. The zero-order chi connectivity index (χ0) is 14.3. The number of anilines is 2. The van der Waals surface area contributed by atoms with Crippen molar-refractivity contribution in [2.24, 2.45) is 0 Å². The maximum atomic E-state index is 9.37. The van der Waals surface area contributed by atoms with Crippen LogP contribution in [0.1, 0.15) is 39.2 Å². The number of hydrogen-bond donors (Lipinski definition) is 2. The Hall–Kier alpha value is -1.36. The lowest BCUT2D eigenvalue weighted by Gasteiger charge is -2.22. The fourth-order valence-corrected chi connectivity index (χ4v) is 1.94. The molecule has 1 atom stereocenters. The van der Waals surface area contributed by atoms with E-state index in [-0.39, 0.29) is 6.10 Å². The molecule has 0 aliphatic heterocycles. The first-order chi connectivity index (χ1) is 9.10. The highest BCUT2D eigenvalue weighted by molar-refractivity contribution is 5.58. The van der Waals surface area contributed by atoms with E-state index in [2.05, 4.69) is 34.0 Å². The fraction of sp³-hybridized carbons (Fsp3) is 0.714. The number of aliphatic hydroxyl groups is 1. The van der Waals surface area contributed by atoms with E-state index >= 15 is 0 Å². The molecule has 19 heavy (non-hydrogen) atoms. The highest BCUT2D eigenvalue weighted by Crippen LogP contribution is 2.23. The van der Waals surface area contributed by atoms with Crippen LogP contribution in [0.15, 0.2) is 6.33 Å². The summed E-state index contributed by atoms with van der Waals surface area (Å²) in [4.78, 5) is 10.8. The van der Waals surface area contributed by atoms with E-state index in [1.54, 1.807) is 6.33 Å². The summed E-state index contributed by atoms with van der Waals surface area (Å²) in [5.41, 5.74) is 1.14. The van der Waals surface area contributed by atoms with Crippen molar-refractivity contribution in [2.45, 2.75) is 46.1 Å². The summed E-state index contributed by atoms with van der Waals surface area (Å²) in [6.45, 7) is 7.76. The second-order valence-corrected chi connectivity index (χ2v) is 4.86. The van der Waals surface area contributed by atoms with Gasteiger partial charge in [0.1, 0.15) is 18.0 Å². The van der Waals surface area contributed by atoms with Gasteiger partial charge in [-0.1, -0.05) is 13.8 Å². The number of nitrogens with zero attached hydrogens (tertiary/aromatic N) is 3. The Morgan fingerprint density at radius 3 is 2.68 bits per heavy atom. The largest absolute Gasteiger partial charge is 0.393 e. The average Bonchev–Trinajstić information content (AvgIpc) is 2.41. The predicted molar refractivity (Wildman–Crippen MR) is 79.8 cm³/mol. The topological polar surface area (TPSA) is 61.3 Å². The summed E-state index contributed by atoms with van der Waals surface area (Å²) in [6.07, 6.45) is 4.01. The zero-order valence-electron chi connectivity index (χ0n) is 12.5. The maximum Gasteiger partial charge on any atom is 0.137 e. The van der Waals surface area contributed by atoms with Crippen LogP contribution in [0.25, 0.3) is 0 Å². The molecule has 1 unspecified atom stereocenters. The molecular weight excluding hydrogens is 240 g/mol. The minimum atomic E-state index is -0.285. The molecule has 0 saturated carbocycles. The lowest BCUT2D eigenvalue weighted by molar-refractivity contribution is 0.187. The third kappa shape index (κ3) is 4.67. The summed E-state index contributed by atoms with van der Waals surface area (Å²) in [5.74, 6) is 1.88. The Labute approximate surface area is 116 Å². The molecule has 0 bridgehead atoms. The minimum Gasteiger partial charge on any atom is -0.393 e. The van der Waals surface area contributed by atoms with E-state index in [9.17, 15) is 5.11 Å². The van der Waals surface area contributed by atoms with Gasteiger partial charge in [0, 0.05) is 25.7 Å². The second-order valence-electron chi connectivity index (χ2n) is 4.86. The van der Waals surface area contributed by atoms with Crippen LogP contribution in [0.4, 0.5) is 11.6 Å². The molecule has 0 aromatic carbocycles. The van der Waals surface area contributed by atoms with E-state index in [0.717, 1.165) is 49.6 Å². The Bertz CT molecular complexity index is 382. The highest BCUT2D eigenvalue weighted by Gasteiger charge is 2.13. The van der Waals surface area contributed by atoms with Gasteiger partial charge in [-0.3, -0.25) is 0 Å². The molecule has 1 heterocycles. The van der Waals surface area contributed by atoms with Crippen LogP contribution in [0.5, 0.6) is 0 Å². The van der Waals surface area contributed by atoms with Gasteiger partial charge in [-0.25, -0.2) is 9.97 Å². The monoisotopic (exact) mass is 266 g/mol. The van der Waals surface area contributed by atoms with Gasteiger partial charge in [-0.15, -0.1) is 0 Å². The quantitative estimate of drug-likeness (QED) is 0.754. The molecule has 5 nitrogen and oxygen atoms in total. The molecule has 0 spiro atoms. The van der Waals surface area contributed by atoms with Crippen LogP contribution in [0.3, 0.4) is 0 Å². The van der Waals surface area contributed by atoms with E-state index in [4.69, 9.17) is 0 Å². The Morgan fingerprint density at radius 1 is 1.37 bits per heavy atom. The van der Waals surface area contributed by atoms with Gasteiger partial charge in [0.2, 0.25) is 0 Å². The van der Waals surface area contributed by atoms with Crippen molar-refractivity contribution in [3.8, 4) is 0 Å². The van der Waals surface area contributed by atoms with Crippen LogP contribution in [0.2, 0.25) is 0 Å². The lowest BCUT2D eigenvalue weighted by Crippen LogP contribution is -2.24. The predicted octanol–water partition coefficient (Wildman–Crippen LogP) is 2.07. The number of aromatic nitrogens is 2. The van der Waals surface area contributed by atoms with Crippen molar-refractivity contribution in [2.75, 3.05) is 30.4 Å². The standard InChI is InChI=1S/C14H26N4O/c1-5-8-15-13-12(6-2)14(17-10-16-13)18(4)9-7-11(3)19/h10-11,19H,5-9H2,1-4H3,(H,15,16,17). The molecule has 1 aromatic rings. The molecule has 108 valence electrons. The molecule has 0 aliphatic rings. The molecule has 1 rings (SSSR count). The van der Waals surface area contributed by atoms with Crippen LogP contribution >= 0.6 is 0 Å². The molecule has 0 amide bonds. The lowest BCUT2D eigenvalue weighted by atomic mass is 10.2. The molecule has 2 N–H and O–H groups in total. The second kappa shape index (κ2) is 7.94. The minimum absolute atomic E-state index is 0.285. The number of nitrogens with one attached hydrogen (secondary N) is 1. The summed E-state index contributed by atoms with van der Waals surface area (Å²) in [6, 6.07) is 0. The van der Waals surface area contributed by atoms with Crippen LogP contribution in [-0.2, 0) is 6.42 Å². The van der Waals surface area contributed by atoms with Crippen molar-refractivity contribution in [1.29, 1.82) is 0 Å². The van der Waals surface area contributed by atoms with Gasteiger partial charge in [0.05, 0.1) is 6.10 Å². The SMILES string of the molecule is CCCNc1ncnc(N(C)CCC(C)O)c1CC. The van der Waals surface area contributed by atoms with Gasteiger partial charge in [0.25, 0.3) is 0 Å². The Morgan fingerprint density at radius 2 is 2.11 bits per heavy atom. The molecule has 0 aliphatic carbocycles. The van der Waals surface area contributed by atoms with Crippen molar-refractivity contribution in [3.05, 3.63) is 11.9 Å². The molecule has 1 aromatic heterocycles. The molecule has 0 fully saturated rings. The number of hydrogen-bond acceptors (Lipinski definition) is 5. The van der Waals surface area contributed by atoms with Gasteiger partial charge < -0.3 is 15.3 Å². The van der Waals surface area contributed by atoms with Crippen LogP contribution in [0, 0.1) is 0 Å². The fourth-order valence-electron chi connectivity index (χ4n) is 1.94. The highest BCUT2D eigenvalue weighted by atomic mass is 16.3. The van der Waals surface area contributed by atoms with Gasteiger partial charge in [0.15, 0.2) is 0 Å².